The van der Waals surface area contributed by atoms with E-state index in [2.05, 4.69) is 22.6 Å². The first kappa shape index (κ1) is 26.8. The molecule has 5 atom stereocenters. The molecule has 1 aliphatic carbocycles. The van der Waals surface area contributed by atoms with Gasteiger partial charge in [-0.05, 0) is 50.7 Å². The molecule has 4 rings (SSSR count). The molecule has 200 valence electrons. The summed E-state index contributed by atoms with van der Waals surface area (Å²) in [6.07, 6.45) is 7.64. The molecular formula is C27H37N5O5. The van der Waals surface area contributed by atoms with Crippen LogP contribution in [0, 0.1) is 23.7 Å². The van der Waals surface area contributed by atoms with Crippen LogP contribution in [-0.4, -0.2) is 68.6 Å². The highest BCUT2D eigenvalue weighted by Gasteiger charge is 2.57. The number of carbonyl (C=O) groups excluding carboxylic acids is 3. The molecule has 1 aromatic carbocycles. The van der Waals surface area contributed by atoms with Gasteiger partial charge in [-0.1, -0.05) is 42.8 Å². The molecule has 1 fully saturated rings. The standard InChI is InChI=1S/C27H37N5O5/c1-3-10-18-13-14-19-23(22(18)27(36)37-4-2)26(35)31(15-8-5-9-16-33)24(19)25(34)28-17-32-21-12-7-6-11-20(21)29-30-32/h6-7,11-14,18-19,22-24,33H,3-5,8-10,15-17H2,1-2H3,(H,28,34)/t18-,19+,22-,23-,24+/m1/s1. The van der Waals surface area contributed by atoms with E-state index in [1.807, 2.05) is 36.4 Å². The number of benzene rings is 1. The van der Waals surface area contributed by atoms with Gasteiger partial charge in [-0.3, -0.25) is 14.4 Å². The van der Waals surface area contributed by atoms with Crippen molar-refractivity contribution in [1.29, 1.82) is 0 Å². The van der Waals surface area contributed by atoms with Gasteiger partial charge in [0.2, 0.25) is 11.8 Å². The van der Waals surface area contributed by atoms with Crippen molar-refractivity contribution >= 4 is 28.8 Å². The summed E-state index contributed by atoms with van der Waals surface area (Å²) in [5.41, 5.74) is 1.53. The maximum Gasteiger partial charge on any atom is 0.310 e. The highest BCUT2D eigenvalue weighted by atomic mass is 16.5. The molecule has 2 heterocycles. The smallest absolute Gasteiger partial charge is 0.310 e. The summed E-state index contributed by atoms with van der Waals surface area (Å²) >= 11 is 0. The second-order valence-corrected chi connectivity index (χ2v) is 9.76. The lowest BCUT2D eigenvalue weighted by molar-refractivity contribution is -0.155. The fourth-order valence-electron chi connectivity index (χ4n) is 5.77. The summed E-state index contributed by atoms with van der Waals surface area (Å²) in [6, 6.07) is 6.75. The van der Waals surface area contributed by atoms with Gasteiger partial charge in [-0.2, -0.15) is 0 Å². The first-order chi connectivity index (χ1) is 18.0. The van der Waals surface area contributed by atoms with Crippen molar-refractivity contribution in [3.63, 3.8) is 0 Å². The van der Waals surface area contributed by atoms with Crippen LogP contribution in [0.1, 0.15) is 46.0 Å². The number of likely N-dealkylation sites (tertiary alicyclic amines) is 1. The van der Waals surface area contributed by atoms with Crippen molar-refractivity contribution in [3.8, 4) is 0 Å². The molecule has 0 bridgehead atoms. The van der Waals surface area contributed by atoms with E-state index in [1.165, 1.54) is 0 Å². The lowest BCUT2D eigenvalue weighted by atomic mass is 9.69. The van der Waals surface area contributed by atoms with Gasteiger partial charge in [0.25, 0.3) is 0 Å². The zero-order valence-corrected chi connectivity index (χ0v) is 21.6. The topological polar surface area (TPSA) is 127 Å². The molecule has 1 aromatic heterocycles. The lowest BCUT2D eigenvalue weighted by Gasteiger charge is -2.33. The quantitative estimate of drug-likeness (QED) is 0.254. The Bertz CT molecular complexity index is 1130. The van der Waals surface area contributed by atoms with Crippen LogP contribution in [0.3, 0.4) is 0 Å². The second-order valence-electron chi connectivity index (χ2n) is 9.76. The van der Waals surface area contributed by atoms with Gasteiger partial charge < -0.3 is 20.1 Å². The van der Waals surface area contributed by atoms with Gasteiger partial charge in [0.15, 0.2) is 0 Å². The van der Waals surface area contributed by atoms with E-state index >= 15 is 0 Å². The third-order valence-electron chi connectivity index (χ3n) is 7.44. The number of nitrogens with zero attached hydrogens (tertiary/aromatic N) is 4. The number of hydrogen-bond acceptors (Lipinski definition) is 7. The number of esters is 1. The van der Waals surface area contributed by atoms with Crippen LogP contribution < -0.4 is 5.32 Å². The van der Waals surface area contributed by atoms with E-state index in [0.717, 1.165) is 30.3 Å². The molecule has 2 N–H and O–H groups in total. The van der Waals surface area contributed by atoms with Crippen molar-refractivity contribution in [1.82, 2.24) is 25.2 Å². The fourth-order valence-corrected chi connectivity index (χ4v) is 5.77. The molecule has 2 amide bonds. The molecule has 1 saturated heterocycles. The lowest BCUT2D eigenvalue weighted by Crippen LogP contribution is -2.48. The minimum atomic E-state index is -0.739. The van der Waals surface area contributed by atoms with Crippen molar-refractivity contribution < 1.29 is 24.2 Å². The normalized spacial score (nSPS) is 24.9. The second kappa shape index (κ2) is 12.3. The van der Waals surface area contributed by atoms with E-state index < -0.39 is 23.8 Å². The average Bonchev–Trinajstić information content (AvgIpc) is 3.44. The van der Waals surface area contributed by atoms with Gasteiger partial charge in [0.1, 0.15) is 18.2 Å². The number of fused-ring (bicyclic) bond motifs is 2. The predicted octanol–water partition coefficient (Wildman–Crippen LogP) is 2.28. The largest absolute Gasteiger partial charge is 0.466 e. The predicted molar refractivity (Wildman–Crippen MR) is 137 cm³/mol. The maximum absolute atomic E-state index is 13.8. The van der Waals surface area contributed by atoms with E-state index in [-0.39, 0.29) is 43.6 Å². The van der Waals surface area contributed by atoms with E-state index in [4.69, 9.17) is 9.84 Å². The average molecular weight is 512 g/mol. The number of ether oxygens (including phenoxy) is 1. The number of aliphatic hydroxyl groups excluding tert-OH is 1. The summed E-state index contributed by atoms with van der Waals surface area (Å²) in [5, 5.41) is 20.4. The molecule has 2 aromatic rings. The maximum atomic E-state index is 13.8. The number of aromatic nitrogens is 3. The van der Waals surface area contributed by atoms with E-state index in [1.54, 1.807) is 16.5 Å². The molecule has 10 nitrogen and oxygen atoms in total. The molecule has 2 aliphatic rings. The summed E-state index contributed by atoms with van der Waals surface area (Å²) in [4.78, 5) is 42.2. The molecule has 0 unspecified atom stereocenters. The Balaban J connectivity index is 1.60. The van der Waals surface area contributed by atoms with Crippen LogP contribution in [0.15, 0.2) is 36.4 Å². The number of unbranched alkanes of at least 4 members (excludes halogenated alkanes) is 2. The van der Waals surface area contributed by atoms with Crippen LogP contribution in [-0.2, 0) is 25.8 Å². The van der Waals surface area contributed by atoms with Crippen molar-refractivity contribution in [2.75, 3.05) is 19.8 Å². The Kier molecular flexibility index (Phi) is 8.91. The van der Waals surface area contributed by atoms with Crippen molar-refractivity contribution in [3.05, 3.63) is 36.4 Å². The number of allylic oxidation sites excluding steroid dienone is 1. The summed E-state index contributed by atoms with van der Waals surface area (Å²) in [6.45, 7) is 4.64. The number of aliphatic hydroxyl groups is 1. The molecule has 0 radical (unpaired) electrons. The third-order valence-corrected chi connectivity index (χ3v) is 7.44. The first-order valence-corrected chi connectivity index (χ1v) is 13.3. The minimum Gasteiger partial charge on any atom is -0.466 e. The highest BCUT2D eigenvalue weighted by molar-refractivity contribution is 5.96. The number of para-hydroxylation sites is 1. The van der Waals surface area contributed by atoms with Crippen LogP contribution in [0.2, 0.25) is 0 Å². The van der Waals surface area contributed by atoms with Gasteiger partial charge in [-0.25, -0.2) is 4.68 Å². The molecule has 10 heteroatoms. The van der Waals surface area contributed by atoms with Crippen molar-refractivity contribution in [2.45, 2.75) is 58.7 Å². The van der Waals surface area contributed by atoms with Gasteiger partial charge >= 0.3 is 5.97 Å². The van der Waals surface area contributed by atoms with Gasteiger partial charge in [-0.15, -0.1) is 5.10 Å². The van der Waals surface area contributed by atoms with Crippen LogP contribution in [0.25, 0.3) is 11.0 Å². The summed E-state index contributed by atoms with van der Waals surface area (Å²) in [7, 11) is 0. The SMILES string of the molecule is CCC[C@@H]1C=C[C@H]2[C@@H](C(=O)N(CCCCCO)[C@@H]2C(=O)NCn2nnc3ccccc32)[C@@H]1C(=O)OCC. The first-order valence-electron chi connectivity index (χ1n) is 13.3. The Morgan fingerprint density at radius 2 is 1.95 bits per heavy atom. The Hall–Kier alpha value is -3.27. The molecule has 1 aliphatic heterocycles. The fraction of sp³-hybridized carbons (Fsp3) is 0.593. The van der Waals surface area contributed by atoms with Gasteiger partial charge in [0.05, 0.1) is 24.0 Å². The minimum absolute atomic E-state index is 0.0847. The Morgan fingerprint density at radius 3 is 2.70 bits per heavy atom. The summed E-state index contributed by atoms with van der Waals surface area (Å²) in [5.74, 6) is -2.62. The third kappa shape index (κ3) is 5.53. The number of nitrogens with one attached hydrogen (secondary N) is 1. The number of carbonyl (C=O) groups is 3. The van der Waals surface area contributed by atoms with E-state index in [9.17, 15) is 14.4 Å². The van der Waals surface area contributed by atoms with Crippen LogP contribution >= 0.6 is 0 Å². The summed E-state index contributed by atoms with van der Waals surface area (Å²) < 4.78 is 7.02. The number of hydrogen-bond donors (Lipinski definition) is 2. The highest BCUT2D eigenvalue weighted by Crippen LogP contribution is 2.45. The van der Waals surface area contributed by atoms with E-state index in [0.29, 0.717) is 19.4 Å². The number of amides is 2. The van der Waals surface area contributed by atoms with Gasteiger partial charge in [0, 0.05) is 19.1 Å². The number of rotatable bonds is 12. The zero-order valence-electron chi connectivity index (χ0n) is 21.6. The molecular weight excluding hydrogens is 474 g/mol. The molecule has 0 saturated carbocycles. The zero-order chi connectivity index (χ0) is 26.4. The monoisotopic (exact) mass is 511 g/mol. The Morgan fingerprint density at radius 1 is 1.14 bits per heavy atom. The Labute approximate surface area is 217 Å². The van der Waals surface area contributed by atoms with Crippen molar-refractivity contribution in [2.24, 2.45) is 23.7 Å². The van der Waals surface area contributed by atoms with Crippen LogP contribution in [0.5, 0.6) is 0 Å². The molecule has 37 heavy (non-hydrogen) atoms. The molecule has 0 spiro atoms. The van der Waals surface area contributed by atoms with Crippen LogP contribution in [0.4, 0.5) is 0 Å².